The number of hydrogen-bond acceptors (Lipinski definition) is 3. The maximum atomic E-state index is 12.0. The van der Waals surface area contributed by atoms with Crippen LogP contribution in [0.25, 0.3) is 0 Å². The van der Waals surface area contributed by atoms with Gasteiger partial charge in [0.25, 0.3) is 0 Å². The highest BCUT2D eigenvalue weighted by Gasteiger charge is 2.18. The highest BCUT2D eigenvalue weighted by molar-refractivity contribution is 5.80. The Morgan fingerprint density at radius 3 is 3.17 bits per heavy atom. The van der Waals surface area contributed by atoms with Crippen molar-refractivity contribution >= 4 is 5.78 Å². The molecule has 0 saturated carbocycles. The van der Waals surface area contributed by atoms with E-state index in [1.807, 2.05) is 6.20 Å². The normalized spacial score (nSPS) is 19.9. The first kappa shape index (κ1) is 13.3. The molecule has 1 unspecified atom stereocenters. The van der Waals surface area contributed by atoms with Crippen molar-refractivity contribution in [2.45, 2.75) is 58.1 Å². The molecular weight excluding hydrogens is 228 g/mol. The summed E-state index contributed by atoms with van der Waals surface area (Å²) in [6.07, 6.45) is 9.23. The molecule has 0 N–H and O–H groups in total. The third-order valence-electron chi connectivity index (χ3n) is 3.35. The lowest BCUT2D eigenvalue weighted by Gasteiger charge is -2.21. The summed E-state index contributed by atoms with van der Waals surface area (Å²) in [7, 11) is 0. The minimum atomic E-state index is 0.140. The van der Waals surface area contributed by atoms with Gasteiger partial charge in [0.15, 0.2) is 0 Å². The van der Waals surface area contributed by atoms with Crippen LogP contribution in [0.1, 0.15) is 44.9 Å². The molecule has 1 aliphatic rings. The molecule has 1 aromatic rings. The van der Waals surface area contributed by atoms with Gasteiger partial charge in [0.2, 0.25) is 0 Å². The molecule has 4 heteroatoms. The largest absolute Gasteiger partial charge is 0.378 e. The van der Waals surface area contributed by atoms with Crippen molar-refractivity contribution in [3.63, 3.8) is 0 Å². The average Bonchev–Trinajstić information content (AvgIpc) is 2.78. The first-order chi connectivity index (χ1) is 8.79. The zero-order valence-corrected chi connectivity index (χ0v) is 11.1. The second-order valence-corrected chi connectivity index (χ2v) is 4.95. The first-order valence-electron chi connectivity index (χ1n) is 6.93. The SMILES string of the molecule is CCCn1ccnc1CC(=O)CC1CCCCO1. The standard InChI is InChI=1S/C14H22N2O2/c1-2-7-16-8-6-15-14(16)11-12(17)10-13-5-3-4-9-18-13/h6,8,13H,2-5,7,9-11H2,1H3. The van der Waals surface area contributed by atoms with Crippen molar-refractivity contribution in [3.8, 4) is 0 Å². The van der Waals surface area contributed by atoms with Gasteiger partial charge in [-0.1, -0.05) is 6.92 Å². The number of aromatic nitrogens is 2. The van der Waals surface area contributed by atoms with E-state index in [0.717, 1.165) is 38.2 Å². The van der Waals surface area contributed by atoms with Gasteiger partial charge in [-0.15, -0.1) is 0 Å². The van der Waals surface area contributed by atoms with Crippen LogP contribution in [0.5, 0.6) is 0 Å². The molecule has 1 saturated heterocycles. The summed E-state index contributed by atoms with van der Waals surface area (Å²) < 4.78 is 7.67. The van der Waals surface area contributed by atoms with Crippen LogP contribution in [-0.2, 0) is 22.5 Å². The van der Waals surface area contributed by atoms with Crippen molar-refractivity contribution < 1.29 is 9.53 Å². The zero-order chi connectivity index (χ0) is 12.8. The number of rotatable bonds is 6. The molecule has 2 rings (SSSR count). The van der Waals surface area contributed by atoms with Crippen molar-refractivity contribution in [1.29, 1.82) is 0 Å². The van der Waals surface area contributed by atoms with E-state index in [1.54, 1.807) is 6.20 Å². The summed E-state index contributed by atoms with van der Waals surface area (Å²) in [5.41, 5.74) is 0. The predicted molar refractivity (Wildman–Crippen MR) is 69.4 cm³/mol. The minimum Gasteiger partial charge on any atom is -0.378 e. The van der Waals surface area contributed by atoms with Crippen molar-refractivity contribution in [2.24, 2.45) is 0 Å². The topological polar surface area (TPSA) is 44.1 Å². The number of ether oxygens (including phenoxy) is 1. The quantitative estimate of drug-likeness (QED) is 0.778. The summed E-state index contributed by atoms with van der Waals surface area (Å²) >= 11 is 0. The van der Waals surface area contributed by atoms with Crippen LogP contribution < -0.4 is 0 Å². The second kappa shape index (κ2) is 6.69. The molecule has 0 radical (unpaired) electrons. The monoisotopic (exact) mass is 250 g/mol. The molecule has 1 aromatic heterocycles. The van der Waals surface area contributed by atoms with Gasteiger partial charge in [0.1, 0.15) is 11.6 Å². The van der Waals surface area contributed by atoms with E-state index in [4.69, 9.17) is 4.74 Å². The number of carbonyl (C=O) groups excluding carboxylic acids is 1. The van der Waals surface area contributed by atoms with Gasteiger partial charge in [-0.3, -0.25) is 4.79 Å². The summed E-state index contributed by atoms with van der Waals surface area (Å²) in [5, 5.41) is 0. The average molecular weight is 250 g/mol. The number of imidazole rings is 1. The van der Waals surface area contributed by atoms with E-state index in [2.05, 4.69) is 16.5 Å². The Bertz CT molecular complexity index is 381. The molecule has 18 heavy (non-hydrogen) atoms. The molecule has 4 nitrogen and oxygen atoms in total. The van der Waals surface area contributed by atoms with Crippen LogP contribution in [0.2, 0.25) is 0 Å². The lowest BCUT2D eigenvalue weighted by atomic mass is 10.0. The molecular formula is C14H22N2O2. The highest BCUT2D eigenvalue weighted by Crippen LogP contribution is 2.16. The summed E-state index contributed by atoms with van der Waals surface area (Å²) in [6, 6.07) is 0. The fourth-order valence-corrected chi connectivity index (χ4v) is 2.42. The van der Waals surface area contributed by atoms with Gasteiger partial charge in [0, 0.05) is 32.0 Å². The molecule has 0 spiro atoms. The Morgan fingerprint density at radius 2 is 2.44 bits per heavy atom. The Labute approximate surface area is 108 Å². The lowest BCUT2D eigenvalue weighted by molar-refractivity contribution is -0.122. The van der Waals surface area contributed by atoms with E-state index < -0.39 is 0 Å². The van der Waals surface area contributed by atoms with Crippen molar-refractivity contribution in [3.05, 3.63) is 18.2 Å². The molecule has 2 heterocycles. The number of carbonyl (C=O) groups is 1. The maximum Gasteiger partial charge on any atom is 0.142 e. The Morgan fingerprint density at radius 1 is 1.56 bits per heavy atom. The lowest BCUT2D eigenvalue weighted by Crippen LogP contribution is -2.23. The van der Waals surface area contributed by atoms with Gasteiger partial charge in [0.05, 0.1) is 12.5 Å². The molecule has 1 atom stereocenters. The molecule has 1 fully saturated rings. The number of ketones is 1. The van der Waals surface area contributed by atoms with E-state index in [0.29, 0.717) is 12.8 Å². The fraction of sp³-hybridized carbons (Fsp3) is 0.714. The second-order valence-electron chi connectivity index (χ2n) is 4.95. The number of aryl methyl sites for hydroxylation is 1. The summed E-state index contributed by atoms with van der Waals surface area (Å²) in [5.74, 6) is 1.13. The number of hydrogen-bond donors (Lipinski definition) is 0. The number of Topliss-reactive ketones (excluding diaryl/α,β-unsaturated/α-hetero) is 1. The van der Waals surface area contributed by atoms with Crippen molar-refractivity contribution in [2.75, 3.05) is 6.61 Å². The van der Waals surface area contributed by atoms with Crippen LogP contribution in [-0.4, -0.2) is 28.0 Å². The van der Waals surface area contributed by atoms with Crippen LogP contribution in [0.3, 0.4) is 0 Å². The predicted octanol–water partition coefficient (Wildman–Crippen LogP) is 2.36. The van der Waals surface area contributed by atoms with Crippen LogP contribution in [0.15, 0.2) is 12.4 Å². The fourth-order valence-electron chi connectivity index (χ4n) is 2.42. The minimum absolute atomic E-state index is 0.140. The molecule has 0 aromatic carbocycles. The zero-order valence-electron chi connectivity index (χ0n) is 11.1. The van der Waals surface area contributed by atoms with Crippen LogP contribution in [0.4, 0.5) is 0 Å². The highest BCUT2D eigenvalue weighted by atomic mass is 16.5. The van der Waals surface area contributed by atoms with Gasteiger partial charge >= 0.3 is 0 Å². The van der Waals surface area contributed by atoms with Gasteiger partial charge in [-0.25, -0.2) is 4.98 Å². The van der Waals surface area contributed by atoms with E-state index in [1.165, 1.54) is 6.42 Å². The molecule has 0 aliphatic carbocycles. The first-order valence-corrected chi connectivity index (χ1v) is 6.93. The van der Waals surface area contributed by atoms with Crippen molar-refractivity contribution in [1.82, 2.24) is 9.55 Å². The molecule has 0 amide bonds. The summed E-state index contributed by atoms with van der Waals surface area (Å²) in [4.78, 5) is 16.3. The van der Waals surface area contributed by atoms with Gasteiger partial charge in [-0.2, -0.15) is 0 Å². The molecule has 1 aliphatic heterocycles. The number of nitrogens with zero attached hydrogens (tertiary/aromatic N) is 2. The van der Waals surface area contributed by atoms with E-state index >= 15 is 0 Å². The van der Waals surface area contributed by atoms with Gasteiger partial charge in [-0.05, 0) is 25.7 Å². The van der Waals surface area contributed by atoms with Crippen LogP contribution >= 0.6 is 0 Å². The third kappa shape index (κ3) is 3.67. The Kier molecular flexibility index (Phi) is 4.93. The summed E-state index contributed by atoms with van der Waals surface area (Å²) in [6.45, 7) is 3.87. The van der Waals surface area contributed by atoms with Crippen LogP contribution in [0, 0.1) is 0 Å². The maximum absolute atomic E-state index is 12.0. The van der Waals surface area contributed by atoms with E-state index in [-0.39, 0.29) is 11.9 Å². The molecule has 0 bridgehead atoms. The molecule has 100 valence electrons. The third-order valence-corrected chi connectivity index (χ3v) is 3.35. The Balaban J connectivity index is 1.84. The smallest absolute Gasteiger partial charge is 0.142 e. The van der Waals surface area contributed by atoms with E-state index in [9.17, 15) is 4.79 Å². The van der Waals surface area contributed by atoms with Gasteiger partial charge < -0.3 is 9.30 Å². The Hall–Kier alpha value is -1.16.